The monoisotopic (exact) mass is 305 g/mol. The zero-order chi connectivity index (χ0) is 15.4. The van der Waals surface area contributed by atoms with Crippen molar-refractivity contribution in [2.45, 2.75) is 25.4 Å². The molecule has 1 aromatic carbocycles. The van der Waals surface area contributed by atoms with Gasteiger partial charge in [0.15, 0.2) is 5.78 Å². The lowest BCUT2D eigenvalue weighted by molar-refractivity contribution is 0.00456. The van der Waals surface area contributed by atoms with Crippen molar-refractivity contribution in [3.8, 4) is 5.75 Å². The number of β-amino-alcohol motifs (C(OH)–C–C–N with tert-alkyl or cyclic N) is 1. The molecule has 5 nitrogen and oxygen atoms in total. The number of aliphatic hydroxyl groups is 1. The van der Waals surface area contributed by atoms with Gasteiger partial charge in [-0.3, -0.25) is 9.69 Å². The van der Waals surface area contributed by atoms with E-state index in [4.69, 9.17) is 9.47 Å². The van der Waals surface area contributed by atoms with E-state index >= 15 is 0 Å². The average Bonchev–Trinajstić information content (AvgIpc) is 2.54. The lowest BCUT2D eigenvalue weighted by Crippen LogP contribution is -2.42. The summed E-state index contributed by atoms with van der Waals surface area (Å²) in [6.45, 7) is 4.00. The number of hydrogen-bond donors (Lipinski definition) is 1. The molecule has 0 aromatic heterocycles. The van der Waals surface area contributed by atoms with Crippen LogP contribution in [0.2, 0.25) is 0 Å². The Morgan fingerprint density at radius 3 is 2.91 bits per heavy atom. The molecule has 1 N–H and O–H groups in total. The lowest BCUT2D eigenvalue weighted by Gasteiger charge is -2.28. The molecule has 1 aliphatic carbocycles. The molecular weight excluding hydrogens is 282 g/mol. The molecule has 1 aliphatic heterocycles. The minimum atomic E-state index is -0.534. The molecule has 0 unspecified atom stereocenters. The van der Waals surface area contributed by atoms with Gasteiger partial charge in [-0.2, -0.15) is 0 Å². The van der Waals surface area contributed by atoms with Gasteiger partial charge in [0.2, 0.25) is 0 Å². The first-order chi connectivity index (χ1) is 10.7. The van der Waals surface area contributed by atoms with E-state index in [0.717, 1.165) is 56.0 Å². The molecule has 1 saturated heterocycles. The summed E-state index contributed by atoms with van der Waals surface area (Å²) in [5, 5.41) is 10.1. The van der Waals surface area contributed by atoms with Crippen molar-refractivity contribution < 1.29 is 19.4 Å². The van der Waals surface area contributed by atoms with E-state index in [0.29, 0.717) is 13.0 Å². The highest BCUT2D eigenvalue weighted by Gasteiger charge is 2.21. The van der Waals surface area contributed by atoms with E-state index in [-0.39, 0.29) is 12.4 Å². The lowest BCUT2D eigenvalue weighted by atomic mass is 9.90. The number of Topliss-reactive ketones (excluding diaryl/α,β-unsaturated/α-hetero) is 1. The number of rotatable bonds is 5. The summed E-state index contributed by atoms with van der Waals surface area (Å²) in [4.78, 5) is 14.1. The number of fused-ring (bicyclic) bond motifs is 1. The summed E-state index contributed by atoms with van der Waals surface area (Å²) in [6.07, 6.45) is 1.84. The Kier molecular flexibility index (Phi) is 5.08. The van der Waals surface area contributed by atoms with Crippen molar-refractivity contribution in [1.82, 2.24) is 4.90 Å². The second kappa shape index (κ2) is 7.22. The third kappa shape index (κ3) is 3.66. The van der Waals surface area contributed by atoms with Gasteiger partial charge >= 0.3 is 0 Å². The zero-order valence-corrected chi connectivity index (χ0v) is 12.8. The largest absolute Gasteiger partial charge is 0.491 e. The molecule has 2 aliphatic rings. The maximum absolute atomic E-state index is 11.9. The van der Waals surface area contributed by atoms with Crippen LogP contribution in [0.3, 0.4) is 0 Å². The first kappa shape index (κ1) is 15.5. The number of nitrogens with zero attached hydrogens (tertiary/aromatic N) is 1. The normalized spacial score (nSPS) is 20.5. The Bertz CT molecular complexity index is 525. The molecule has 0 bridgehead atoms. The van der Waals surface area contributed by atoms with E-state index in [9.17, 15) is 9.90 Å². The smallest absolute Gasteiger partial charge is 0.163 e. The molecule has 1 heterocycles. The van der Waals surface area contributed by atoms with Gasteiger partial charge in [0, 0.05) is 37.2 Å². The van der Waals surface area contributed by atoms with E-state index in [1.807, 2.05) is 18.2 Å². The van der Waals surface area contributed by atoms with Crippen molar-refractivity contribution in [1.29, 1.82) is 0 Å². The molecule has 0 radical (unpaired) electrons. The van der Waals surface area contributed by atoms with Gasteiger partial charge in [0.25, 0.3) is 0 Å². The zero-order valence-electron chi connectivity index (χ0n) is 12.8. The Labute approximate surface area is 130 Å². The molecule has 3 rings (SSSR count). The molecule has 1 aromatic rings. The minimum absolute atomic E-state index is 0.195. The van der Waals surface area contributed by atoms with E-state index in [1.165, 1.54) is 0 Å². The summed E-state index contributed by atoms with van der Waals surface area (Å²) >= 11 is 0. The molecule has 0 saturated carbocycles. The SMILES string of the molecule is O=C1CCCc2c(OC[C@@H](O)CN3CCOCC3)cccc21. The van der Waals surface area contributed by atoms with Crippen molar-refractivity contribution in [2.24, 2.45) is 0 Å². The first-order valence-electron chi connectivity index (χ1n) is 8.00. The summed E-state index contributed by atoms with van der Waals surface area (Å²) in [7, 11) is 0. The molecule has 0 spiro atoms. The summed E-state index contributed by atoms with van der Waals surface area (Å²) in [5.74, 6) is 0.937. The fourth-order valence-electron chi connectivity index (χ4n) is 3.10. The predicted molar refractivity (Wildman–Crippen MR) is 82.5 cm³/mol. The molecule has 0 amide bonds. The van der Waals surface area contributed by atoms with Gasteiger partial charge in [-0.25, -0.2) is 0 Å². The first-order valence-corrected chi connectivity index (χ1v) is 8.00. The highest BCUT2D eigenvalue weighted by atomic mass is 16.5. The molecule has 1 atom stereocenters. The predicted octanol–water partition coefficient (Wildman–Crippen LogP) is 1.28. The van der Waals surface area contributed by atoms with Gasteiger partial charge in [0.1, 0.15) is 18.5 Å². The number of carbonyl (C=O) groups excluding carboxylic acids is 1. The Balaban J connectivity index is 1.57. The number of aliphatic hydroxyl groups excluding tert-OH is 1. The van der Waals surface area contributed by atoms with E-state index in [1.54, 1.807) is 0 Å². The number of morpholine rings is 1. The van der Waals surface area contributed by atoms with Crippen LogP contribution in [-0.4, -0.2) is 61.3 Å². The maximum atomic E-state index is 11.9. The van der Waals surface area contributed by atoms with Gasteiger partial charge in [-0.05, 0) is 18.9 Å². The van der Waals surface area contributed by atoms with E-state index < -0.39 is 6.10 Å². The number of benzene rings is 1. The average molecular weight is 305 g/mol. The topological polar surface area (TPSA) is 59.0 Å². The van der Waals surface area contributed by atoms with Crippen molar-refractivity contribution >= 4 is 5.78 Å². The third-order valence-electron chi connectivity index (χ3n) is 4.27. The number of ketones is 1. The van der Waals surface area contributed by atoms with Crippen LogP contribution in [0.1, 0.15) is 28.8 Å². The number of hydrogen-bond acceptors (Lipinski definition) is 5. The van der Waals surface area contributed by atoms with Crippen LogP contribution in [0, 0.1) is 0 Å². The minimum Gasteiger partial charge on any atom is -0.491 e. The van der Waals surface area contributed by atoms with Gasteiger partial charge in [-0.1, -0.05) is 12.1 Å². The Morgan fingerprint density at radius 1 is 1.27 bits per heavy atom. The Morgan fingerprint density at radius 2 is 2.09 bits per heavy atom. The maximum Gasteiger partial charge on any atom is 0.163 e. The van der Waals surface area contributed by atoms with Crippen molar-refractivity contribution in [3.63, 3.8) is 0 Å². The van der Waals surface area contributed by atoms with Crippen LogP contribution in [0.5, 0.6) is 5.75 Å². The summed E-state index contributed by atoms with van der Waals surface area (Å²) in [5.41, 5.74) is 1.78. The fraction of sp³-hybridized carbons (Fsp3) is 0.588. The van der Waals surface area contributed by atoms with Crippen LogP contribution in [0.15, 0.2) is 18.2 Å². The van der Waals surface area contributed by atoms with Crippen LogP contribution >= 0.6 is 0 Å². The summed E-state index contributed by atoms with van der Waals surface area (Å²) in [6, 6.07) is 5.61. The van der Waals surface area contributed by atoms with Crippen LogP contribution < -0.4 is 4.74 Å². The van der Waals surface area contributed by atoms with Crippen LogP contribution in [0.4, 0.5) is 0 Å². The second-order valence-corrected chi connectivity index (χ2v) is 5.94. The van der Waals surface area contributed by atoms with Gasteiger partial charge in [0.05, 0.1) is 13.2 Å². The third-order valence-corrected chi connectivity index (χ3v) is 4.27. The molecule has 5 heteroatoms. The number of carbonyl (C=O) groups is 1. The number of ether oxygens (including phenoxy) is 2. The molecule has 22 heavy (non-hydrogen) atoms. The van der Waals surface area contributed by atoms with Crippen LogP contribution in [-0.2, 0) is 11.2 Å². The second-order valence-electron chi connectivity index (χ2n) is 5.94. The van der Waals surface area contributed by atoms with E-state index in [2.05, 4.69) is 4.90 Å². The van der Waals surface area contributed by atoms with Gasteiger partial charge < -0.3 is 14.6 Å². The standard InChI is InChI=1S/C17H23NO4/c19-13(11-18-7-9-21-10-8-18)12-22-17-6-2-3-14-15(17)4-1-5-16(14)20/h2-3,6,13,19H,1,4-5,7-12H2/t13-/m0/s1. The van der Waals surface area contributed by atoms with Crippen molar-refractivity contribution in [3.05, 3.63) is 29.3 Å². The van der Waals surface area contributed by atoms with Crippen LogP contribution in [0.25, 0.3) is 0 Å². The molecule has 120 valence electrons. The summed E-state index contributed by atoms with van der Waals surface area (Å²) < 4.78 is 11.1. The highest BCUT2D eigenvalue weighted by Crippen LogP contribution is 2.29. The highest BCUT2D eigenvalue weighted by molar-refractivity contribution is 5.99. The Hall–Kier alpha value is -1.43. The fourth-order valence-corrected chi connectivity index (χ4v) is 3.10. The van der Waals surface area contributed by atoms with Gasteiger partial charge in [-0.15, -0.1) is 0 Å². The quantitative estimate of drug-likeness (QED) is 0.888. The molecular formula is C17H23NO4. The molecule has 1 fully saturated rings. The van der Waals surface area contributed by atoms with Crippen molar-refractivity contribution in [2.75, 3.05) is 39.5 Å².